The molecule has 0 aromatic heterocycles. The first-order valence-corrected chi connectivity index (χ1v) is 7.29. The lowest BCUT2D eigenvalue weighted by atomic mass is 9.95. The van der Waals surface area contributed by atoms with Crippen LogP contribution in [0.4, 0.5) is 0 Å². The highest BCUT2D eigenvalue weighted by Gasteiger charge is 2.31. The van der Waals surface area contributed by atoms with Gasteiger partial charge in [-0.2, -0.15) is 0 Å². The van der Waals surface area contributed by atoms with Crippen molar-refractivity contribution in [3.63, 3.8) is 0 Å². The Morgan fingerprint density at radius 3 is 2.35 bits per heavy atom. The van der Waals surface area contributed by atoms with Crippen LogP contribution in [0.3, 0.4) is 0 Å². The minimum absolute atomic E-state index is 0.180. The summed E-state index contributed by atoms with van der Waals surface area (Å²) in [7, 11) is 0. The number of carbonyl (C=O) groups excluding carboxylic acids is 1. The Morgan fingerprint density at radius 1 is 1.20 bits per heavy atom. The van der Waals surface area contributed by atoms with Crippen molar-refractivity contribution < 1.29 is 9.90 Å². The summed E-state index contributed by atoms with van der Waals surface area (Å²) in [6.07, 6.45) is -0.437. The van der Waals surface area contributed by atoms with Gasteiger partial charge in [-0.05, 0) is 22.6 Å². The summed E-state index contributed by atoms with van der Waals surface area (Å²) in [6.45, 7) is 11.2. The first kappa shape index (κ1) is 15.0. The van der Waals surface area contributed by atoms with Gasteiger partial charge < -0.3 is 10.0 Å². The third-order valence-electron chi connectivity index (χ3n) is 3.85. The second kappa shape index (κ2) is 5.21. The van der Waals surface area contributed by atoms with E-state index >= 15 is 0 Å². The lowest BCUT2D eigenvalue weighted by molar-refractivity contribution is -0.140. The van der Waals surface area contributed by atoms with Crippen LogP contribution < -0.4 is 0 Å². The summed E-state index contributed by atoms with van der Waals surface area (Å²) in [5.41, 5.74) is 2.97. The van der Waals surface area contributed by atoms with Crippen molar-refractivity contribution in [2.75, 3.05) is 0 Å². The van der Waals surface area contributed by atoms with Crippen LogP contribution in [0.5, 0.6) is 0 Å². The number of rotatable bonds is 2. The predicted octanol–water partition coefficient (Wildman–Crippen LogP) is 3.26. The summed E-state index contributed by atoms with van der Waals surface area (Å²) in [5, 5.41) is 10.2. The van der Waals surface area contributed by atoms with Crippen molar-refractivity contribution >= 4 is 5.91 Å². The number of hydrogen-bond donors (Lipinski definition) is 1. The van der Waals surface area contributed by atoms with Crippen LogP contribution in [-0.4, -0.2) is 15.9 Å². The largest absolute Gasteiger partial charge is 0.388 e. The van der Waals surface area contributed by atoms with Gasteiger partial charge in [0.05, 0.1) is 6.10 Å². The molecule has 0 saturated heterocycles. The Bertz CT molecular complexity index is 514. The summed E-state index contributed by atoms with van der Waals surface area (Å²) < 4.78 is 0. The van der Waals surface area contributed by atoms with Crippen LogP contribution in [-0.2, 0) is 17.9 Å². The van der Waals surface area contributed by atoms with Crippen LogP contribution in [0.15, 0.2) is 18.2 Å². The van der Waals surface area contributed by atoms with Gasteiger partial charge in [-0.25, -0.2) is 0 Å². The first-order valence-electron chi connectivity index (χ1n) is 7.29. The fourth-order valence-electron chi connectivity index (χ4n) is 2.60. The molecule has 1 unspecified atom stereocenters. The Hall–Kier alpha value is -1.35. The fourth-order valence-corrected chi connectivity index (χ4v) is 2.60. The monoisotopic (exact) mass is 275 g/mol. The number of aliphatic hydroxyl groups is 1. The lowest BCUT2D eigenvalue weighted by Gasteiger charge is -2.25. The van der Waals surface area contributed by atoms with Crippen LogP contribution in [0.1, 0.15) is 57.4 Å². The van der Waals surface area contributed by atoms with E-state index in [2.05, 4.69) is 6.07 Å². The van der Waals surface area contributed by atoms with E-state index in [-0.39, 0.29) is 17.2 Å². The van der Waals surface area contributed by atoms with Crippen molar-refractivity contribution in [3.05, 3.63) is 34.9 Å². The summed E-state index contributed by atoms with van der Waals surface area (Å²) in [6, 6.07) is 6.08. The van der Waals surface area contributed by atoms with E-state index in [9.17, 15) is 9.90 Å². The lowest BCUT2D eigenvalue weighted by Crippen LogP contribution is -2.35. The summed E-state index contributed by atoms with van der Waals surface area (Å²) in [4.78, 5) is 14.2. The zero-order valence-electron chi connectivity index (χ0n) is 13.1. The number of nitrogens with zero attached hydrogens (tertiary/aromatic N) is 1. The van der Waals surface area contributed by atoms with E-state index in [1.165, 1.54) is 11.1 Å². The van der Waals surface area contributed by atoms with Crippen LogP contribution in [0, 0.1) is 11.3 Å². The van der Waals surface area contributed by atoms with E-state index in [0.717, 1.165) is 5.56 Å². The molecule has 1 aromatic rings. The Kier molecular flexibility index (Phi) is 3.92. The maximum absolute atomic E-state index is 12.3. The van der Waals surface area contributed by atoms with Crippen LogP contribution >= 0.6 is 0 Å². The van der Waals surface area contributed by atoms with Crippen molar-refractivity contribution in [1.82, 2.24) is 4.90 Å². The minimum atomic E-state index is -0.437. The van der Waals surface area contributed by atoms with Gasteiger partial charge in [-0.15, -0.1) is 0 Å². The normalized spacial score (nSPS) is 16.4. The maximum atomic E-state index is 12.3. The standard InChI is InChI=1S/C17H25NO2/c1-11(2)15(19)12-6-7-13-9-18(10-14(13)8-12)16(20)17(3,4)5/h6-8,11,15,19H,9-10H2,1-5H3. The Balaban J connectivity index is 2.19. The molecule has 0 fully saturated rings. The van der Waals surface area contributed by atoms with Gasteiger partial charge in [-0.1, -0.05) is 52.8 Å². The number of benzene rings is 1. The zero-order chi connectivity index (χ0) is 15.1. The van der Waals surface area contributed by atoms with Crippen molar-refractivity contribution in [1.29, 1.82) is 0 Å². The quantitative estimate of drug-likeness (QED) is 0.900. The third kappa shape index (κ3) is 2.88. The van der Waals surface area contributed by atoms with Gasteiger partial charge in [0.1, 0.15) is 0 Å². The molecule has 0 radical (unpaired) electrons. The van der Waals surface area contributed by atoms with E-state index in [1.54, 1.807) is 0 Å². The van der Waals surface area contributed by atoms with Gasteiger partial charge in [0.2, 0.25) is 5.91 Å². The highest BCUT2D eigenvalue weighted by atomic mass is 16.3. The molecule has 1 N–H and O–H groups in total. The van der Waals surface area contributed by atoms with E-state index in [4.69, 9.17) is 0 Å². The highest BCUT2D eigenvalue weighted by molar-refractivity contribution is 5.82. The van der Waals surface area contributed by atoms with Crippen LogP contribution in [0.2, 0.25) is 0 Å². The molecule has 0 saturated carbocycles. The van der Waals surface area contributed by atoms with E-state index in [0.29, 0.717) is 13.1 Å². The number of amides is 1. The van der Waals surface area contributed by atoms with Crippen LogP contribution in [0.25, 0.3) is 0 Å². The number of aliphatic hydroxyl groups excluding tert-OH is 1. The molecule has 0 spiro atoms. The smallest absolute Gasteiger partial charge is 0.228 e. The number of carbonyl (C=O) groups is 1. The fraction of sp³-hybridized carbons (Fsp3) is 0.588. The number of hydrogen-bond acceptors (Lipinski definition) is 2. The molecule has 1 aliphatic rings. The molecule has 0 aliphatic carbocycles. The molecule has 1 heterocycles. The van der Waals surface area contributed by atoms with Gasteiger partial charge >= 0.3 is 0 Å². The molecule has 110 valence electrons. The van der Waals surface area contributed by atoms with E-state index in [1.807, 2.05) is 51.7 Å². The molecule has 1 aromatic carbocycles. The Morgan fingerprint density at radius 2 is 1.80 bits per heavy atom. The molecular formula is C17H25NO2. The summed E-state index contributed by atoms with van der Waals surface area (Å²) >= 11 is 0. The third-order valence-corrected chi connectivity index (χ3v) is 3.85. The highest BCUT2D eigenvalue weighted by Crippen LogP contribution is 2.31. The molecule has 2 rings (SSSR count). The average Bonchev–Trinajstić information content (AvgIpc) is 2.77. The Labute approximate surface area is 121 Å². The molecule has 1 amide bonds. The second-order valence-electron chi connectivity index (χ2n) is 7.13. The van der Waals surface area contributed by atoms with Crippen molar-refractivity contribution in [3.8, 4) is 0 Å². The molecule has 3 nitrogen and oxygen atoms in total. The predicted molar refractivity (Wildman–Crippen MR) is 79.9 cm³/mol. The SMILES string of the molecule is CC(C)C(O)c1ccc2c(c1)CN(C(=O)C(C)(C)C)C2. The molecule has 20 heavy (non-hydrogen) atoms. The average molecular weight is 275 g/mol. The van der Waals surface area contributed by atoms with Gasteiger partial charge in [-0.3, -0.25) is 4.79 Å². The number of fused-ring (bicyclic) bond motifs is 1. The maximum Gasteiger partial charge on any atom is 0.228 e. The van der Waals surface area contributed by atoms with E-state index < -0.39 is 6.10 Å². The molecule has 1 atom stereocenters. The van der Waals surface area contributed by atoms with Gasteiger partial charge in [0.25, 0.3) is 0 Å². The van der Waals surface area contributed by atoms with Crippen molar-refractivity contribution in [2.45, 2.75) is 53.8 Å². The van der Waals surface area contributed by atoms with Gasteiger partial charge in [0.15, 0.2) is 0 Å². The molecule has 3 heteroatoms. The topological polar surface area (TPSA) is 40.5 Å². The first-order chi connectivity index (χ1) is 9.20. The molecular weight excluding hydrogens is 250 g/mol. The minimum Gasteiger partial charge on any atom is -0.388 e. The summed E-state index contributed by atoms with van der Waals surface area (Å²) in [5.74, 6) is 0.376. The van der Waals surface area contributed by atoms with Gasteiger partial charge in [0, 0.05) is 18.5 Å². The molecule has 0 bridgehead atoms. The second-order valence-corrected chi connectivity index (χ2v) is 7.13. The zero-order valence-corrected chi connectivity index (χ0v) is 13.1. The van der Waals surface area contributed by atoms with Crippen molar-refractivity contribution in [2.24, 2.45) is 11.3 Å². The molecule has 1 aliphatic heterocycles.